The van der Waals surface area contributed by atoms with Gasteiger partial charge in [0, 0.05) is 0 Å². The molecule has 0 bridgehead atoms. The van der Waals surface area contributed by atoms with E-state index >= 15 is 0 Å². The Bertz CT molecular complexity index is 640. The first-order valence-corrected chi connectivity index (χ1v) is 13.5. The summed E-state index contributed by atoms with van der Waals surface area (Å²) in [6.45, 7) is 4.74. The van der Waals surface area contributed by atoms with Crippen LogP contribution in [-0.2, 0) is 14.3 Å². The van der Waals surface area contributed by atoms with Gasteiger partial charge in [0.1, 0.15) is 6.04 Å². The third-order valence-corrected chi connectivity index (χ3v) is 6.23. The summed E-state index contributed by atoms with van der Waals surface area (Å²) < 4.78 is 95.1. The zero-order valence-electron chi connectivity index (χ0n) is 22.3. The van der Waals surface area contributed by atoms with E-state index in [0.717, 1.165) is 25.7 Å². The highest BCUT2D eigenvalue weighted by Crippen LogP contribution is 2.46. The van der Waals surface area contributed by atoms with Gasteiger partial charge >= 0.3 is 24.0 Å². The molecule has 1 N–H and O–H groups in total. The molecular formula is C26H44F7NO3. The number of unbranched alkanes of at least 4 members (excludes halogenated alkanes) is 14. The molecule has 1 amide bonds. The lowest BCUT2D eigenvalue weighted by atomic mass is 10.0. The Labute approximate surface area is 216 Å². The lowest BCUT2D eigenvalue weighted by Gasteiger charge is -2.29. The third kappa shape index (κ3) is 13.2. The van der Waals surface area contributed by atoms with Crippen molar-refractivity contribution in [3.8, 4) is 0 Å². The Morgan fingerprint density at radius 1 is 0.676 bits per heavy atom. The van der Waals surface area contributed by atoms with Crippen molar-refractivity contribution in [2.75, 3.05) is 6.61 Å². The van der Waals surface area contributed by atoms with Crippen molar-refractivity contribution in [3.05, 3.63) is 0 Å². The first-order valence-electron chi connectivity index (χ1n) is 13.5. The number of esters is 1. The van der Waals surface area contributed by atoms with Crippen LogP contribution in [0.15, 0.2) is 0 Å². The fourth-order valence-electron chi connectivity index (χ4n) is 3.79. The van der Waals surface area contributed by atoms with Crippen molar-refractivity contribution >= 4 is 11.9 Å². The molecule has 0 fully saturated rings. The van der Waals surface area contributed by atoms with Gasteiger partial charge in [0.05, 0.1) is 6.61 Å². The summed E-state index contributed by atoms with van der Waals surface area (Å²) in [6.07, 6.45) is 10.4. The van der Waals surface area contributed by atoms with Crippen molar-refractivity contribution in [2.24, 2.45) is 5.92 Å². The zero-order valence-corrected chi connectivity index (χ0v) is 22.3. The van der Waals surface area contributed by atoms with Crippen LogP contribution < -0.4 is 5.32 Å². The molecule has 0 spiro atoms. The number of nitrogens with one attached hydrogen (secondary N) is 1. The van der Waals surface area contributed by atoms with Gasteiger partial charge in [-0.15, -0.1) is 0 Å². The summed E-state index contributed by atoms with van der Waals surface area (Å²) in [6, 6.07) is -1.79. The molecule has 0 aliphatic rings. The number of hydrogen-bond donors (Lipinski definition) is 1. The summed E-state index contributed by atoms with van der Waals surface area (Å²) in [5.74, 6) is -17.6. The molecule has 11 heteroatoms. The van der Waals surface area contributed by atoms with Crippen molar-refractivity contribution in [3.63, 3.8) is 0 Å². The minimum absolute atomic E-state index is 0.0781. The highest BCUT2D eigenvalue weighted by Gasteiger charge is 2.76. The number of amides is 1. The molecule has 0 heterocycles. The molecule has 0 aromatic rings. The van der Waals surface area contributed by atoms with Crippen LogP contribution in [0, 0.1) is 5.92 Å². The van der Waals surface area contributed by atoms with E-state index < -0.39 is 41.9 Å². The average Bonchev–Trinajstić information content (AvgIpc) is 2.80. The molecule has 4 nitrogen and oxygen atoms in total. The smallest absolute Gasteiger partial charge is 0.460 e. The molecule has 37 heavy (non-hydrogen) atoms. The lowest BCUT2D eigenvalue weighted by Crippen LogP contribution is -2.62. The zero-order chi connectivity index (χ0) is 28.5. The van der Waals surface area contributed by atoms with Crippen molar-refractivity contribution in [1.29, 1.82) is 0 Å². The molecule has 1 unspecified atom stereocenters. The van der Waals surface area contributed by atoms with Gasteiger partial charge in [0.2, 0.25) is 0 Å². The van der Waals surface area contributed by atoms with E-state index in [1.54, 1.807) is 0 Å². The second-order valence-corrected chi connectivity index (χ2v) is 9.96. The van der Waals surface area contributed by atoms with E-state index in [1.807, 2.05) is 0 Å². The number of carbonyl (C=O) groups is 2. The molecule has 220 valence electrons. The molecular weight excluding hydrogens is 507 g/mol. The maximum Gasteiger partial charge on any atom is 0.460 e. The fraction of sp³-hybridized carbons (Fsp3) is 0.923. The molecule has 0 saturated heterocycles. The Morgan fingerprint density at radius 2 is 1.05 bits per heavy atom. The first kappa shape index (κ1) is 35.5. The largest absolute Gasteiger partial charge is 0.464 e. The van der Waals surface area contributed by atoms with Crippen LogP contribution in [0.1, 0.15) is 117 Å². The van der Waals surface area contributed by atoms with Gasteiger partial charge in [-0.1, -0.05) is 111 Å². The third-order valence-electron chi connectivity index (χ3n) is 6.23. The van der Waals surface area contributed by atoms with Gasteiger partial charge in [-0.2, -0.15) is 30.7 Å². The van der Waals surface area contributed by atoms with E-state index in [4.69, 9.17) is 4.74 Å². The fourth-order valence-corrected chi connectivity index (χ4v) is 3.79. The quantitative estimate of drug-likeness (QED) is 0.0886. The topological polar surface area (TPSA) is 55.4 Å². The van der Waals surface area contributed by atoms with Gasteiger partial charge < -0.3 is 10.1 Å². The number of alkyl halides is 7. The molecule has 0 saturated carbocycles. The number of hydrogen-bond acceptors (Lipinski definition) is 3. The van der Waals surface area contributed by atoms with Crippen LogP contribution in [0.2, 0.25) is 0 Å². The second kappa shape index (κ2) is 17.9. The van der Waals surface area contributed by atoms with Gasteiger partial charge in [0.15, 0.2) is 0 Å². The predicted octanol–water partition coefficient (Wildman–Crippen LogP) is 8.37. The van der Waals surface area contributed by atoms with E-state index in [2.05, 4.69) is 6.92 Å². The minimum atomic E-state index is -6.64. The van der Waals surface area contributed by atoms with Crippen LogP contribution in [0.4, 0.5) is 30.7 Å². The Balaban J connectivity index is 4.13. The highest BCUT2D eigenvalue weighted by atomic mass is 19.4. The standard InChI is InChI=1S/C26H44F7NO3/c1-4-5-6-7-8-9-10-11-12-13-14-15-16-17-18-19-37-22(35)21(20(2)3)34-23(36)24(27,28)25(29,30)26(31,32)33/h20-21H,4-19H2,1-3H3,(H,34,36). The lowest BCUT2D eigenvalue weighted by molar-refractivity contribution is -0.344. The Kier molecular flexibility index (Phi) is 17.1. The number of ether oxygens (including phenoxy) is 1. The van der Waals surface area contributed by atoms with E-state index in [1.165, 1.54) is 83.4 Å². The average molecular weight is 552 g/mol. The van der Waals surface area contributed by atoms with Crippen molar-refractivity contribution < 1.29 is 45.1 Å². The van der Waals surface area contributed by atoms with Crippen molar-refractivity contribution in [1.82, 2.24) is 5.32 Å². The van der Waals surface area contributed by atoms with Crippen LogP contribution in [0.5, 0.6) is 0 Å². The number of carbonyl (C=O) groups excluding carboxylic acids is 2. The van der Waals surface area contributed by atoms with E-state index in [9.17, 15) is 40.3 Å². The molecule has 0 rings (SSSR count). The van der Waals surface area contributed by atoms with E-state index in [-0.39, 0.29) is 6.61 Å². The van der Waals surface area contributed by atoms with Crippen molar-refractivity contribution in [2.45, 2.75) is 141 Å². The maximum absolute atomic E-state index is 13.6. The SMILES string of the molecule is CCCCCCCCCCCCCCCCCOC(=O)C(NC(=O)C(F)(F)C(F)(F)C(F)(F)F)C(C)C. The van der Waals surface area contributed by atoms with Gasteiger partial charge in [-0.25, -0.2) is 4.79 Å². The summed E-state index contributed by atoms with van der Waals surface area (Å²) in [4.78, 5) is 23.7. The van der Waals surface area contributed by atoms with Crippen LogP contribution in [0.25, 0.3) is 0 Å². The Hall–Kier alpha value is -1.55. The van der Waals surface area contributed by atoms with Crippen LogP contribution >= 0.6 is 0 Å². The van der Waals surface area contributed by atoms with Gasteiger partial charge in [0.25, 0.3) is 5.91 Å². The minimum Gasteiger partial charge on any atom is -0.464 e. The highest BCUT2D eigenvalue weighted by molar-refractivity contribution is 5.89. The molecule has 0 radical (unpaired) electrons. The summed E-state index contributed by atoms with van der Waals surface area (Å²) in [5.41, 5.74) is 0. The second-order valence-electron chi connectivity index (χ2n) is 9.96. The molecule has 0 aromatic heterocycles. The van der Waals surface area contributed by atoms with Gasteiger partial charge in [-0.05, 0) is 12.3 Å². The predicted molar refractivity (Wildman–Crippen MR) is 129 cm³/mol. The van der Waals surface area contributed by atoms with Gasteiger partial charge in [-0.3, -0.25) is 4.79 Å². The van der Waals surface area contributed by atoms with E-state index in [0.29, 0.717) is 6.42 Å². The summed E-state index contributed by atoms with van der Waals surface area (Å²) in [7, 11) is 0. The molecule has 0 aliphatic carbocycles. The number of rotatable bonds is 21. The maximum atomic E-state index is 13.6. The molecule has 0 aromatic carbocycles. The van der Waals surface area contributed by atoms with Crippen LogP contribution in [0.3, 0.4) is 0 Å². The normalized spacial score (nSPS) is 13.6. The molecule has 1 atom stereocenters. The monoisotopic (exact) mass is 551 g/mol. The summed E-state index contributed by atoms with van der Waals surface area (Å²) >= 11 is 0. The summed E-state index contributed by atoms with van der Waals surface area (Å²) in [5, 5.41) is 1.30. The number of halogens is 7. The molecule has 0 aliphatic heterocycles. The van der Waals surface area contributed by atoms with Crippen LogP contribution in [-0.4, -0.2) is 42.5 Å². The Morgan fingerprint density at radius 3 is 1.41 bits per heavy atom. The first-order chi connectivity index (χ1) is 17.2.